The van der Waals surface area contributed by atoms with Gasteiger partial charge in [-0.05, 0) is 76.8 Å². The number of ether oxygens (including phenoxy) is 2. The maximum Gasteiger partial charge on any atom is 0.333 e. The van der Waals surface area contributed by atoms with Crippen molar-refractivity contribution in [3.8, 4) is 16.5 Å². The summed E-state index contributed by atoms with van der Waals surface area (Å²) in [7, 11) is 1.57. The van der Waals surface area contributed by atoms with Gasteiger partial charge in [0.2, 0.25) is 5.89 Å². The van der Waals surface area contributed by atoms with Crippen molar-refractivity contribution in [1.29, 1.82) is 0 Å². The van der Waals surface area contributed by atoms with Crippen molar-refractivity contribution < 1.29 is 28.9 Å². The number of hydrogen-bond donors (Lipinski definition) is 2. The fourth-order valence-corrected chi connectivity index (χ4v) is 8.40. The van der Waals surface area contributed by atoms with Gasteiger partial charge in [-0.1, -0.05) is 18.2 Å². The number of rotatable bonds is 9. The molecular formula is C32H37N3O8S. The van der Waals surface area contributed by atoms with E-state index in [0.29, 0.717) is 38.7 Å². The number of oxazole rings is 1. The number of nitrogens with zero attached hydrogens (tertiary/aromatic N) is 3. The van der Waals surface area contributed by atoms with Crippen molar-refractivity contribution >= 4 is 27.5 Å². The molecule has 3 aromatic heterocycles. The minimum absolute atomic E-state index is 0.000209. The lowest BCUT2D eigenvalue weighted by Gasteiger charge is -2.28. The third kappa shape index (κ3) is 5.08. The third-order valence-electron chi connectivity index (χ3n) is 9.31. The second-order valence-electron chi connectivity index (χ2n) is 12.9. The van der Waals surface area contributed by atoms with Crippen molar-refractivity contribution in [3.63, 3.8) is 0 Å². The van der Waals surface area contributed by atoms with E-state index >= 15 is 0 Å². The lowest BCUT2D eigenvalue weighted by Crippen LogP contribution is -2.52. The van der Waals surface area contributed by atoms with Gasteiger partial charge in [-0.25, -0.2) is 19.1 Å². The van der Waals surface area contributed by atoms with E-state index in [-0.39, 0.29) is 18.0 Å². The predicted octanol–water partition coefficient (Wildman–Crippen LogP) is 4.71. The molecule has 0 radical (unpaired) electrons. The molecule has 1 aromatic carbocycles. The molecule has 12 heteroatoms. The van der Waals surface area contributed by atoms with Gasteiger partial charge >= 0.3 is 11.7 Å². The summed E-state index contributed by atoms with van der Waals surface area (Å²) in [5, 5.41) is 20.9. The molecule has 3 heterocycles. The van der Waals surface area contributed by atoms with E-state index in [1.54, 1.807) is 14.0 Å². The van der Waals surface area contributed by atoms with Gasteiger partial charge in [-0.3, -0.25) is 9.36 Å². The van der Waals surface area contributed by atoms with Crippen LogP contribution in [-0.2, 0) is 21.6 Å². The van der Waals surface area contributed by atoms with Crippen LogP contribution in [0.1, 0.15) is 63.7 Å². The van der Waals surface area contributed by atoms with Gasteiger partial charge in [0.25, 0.3) is 5.56 Å². The van der Waals surface area contributed by atoms with E-state index in [1.807, 2.05) is 31.2 Å². The first-order valence-corrected chi connectivity index (χ1v) is 15.6. The average Bonchev–Trinajstić information content (AvgIpc) is 3.73. The molecule has 44 heavy (non-hydrogen) atoms. The highest BCUT2D eigenvalue weighted by atomic mass is 32.1. The number of methoxy groups -OCH3 is 1. The zero-order chi connectivity index (χ0) is 31.6. The van der Waals surface area contributed by atoms with Crippen LogP contribution >= 0.6 is 11.3 Å². The normalized spacial score (nSPS) is 24.1. The van der Waals surface area contributed by atoms with Gasteiger partial charge in [0.05, 0.1) is 41.8 Å². The summed E-state index contributed by atoms with van der Waals surface area (Å²) < 4.78 is 20.3. The topological polar surface area (TPSA) is 146 Å². The van der Waals surface area contributed by atoms with Crippen LogP contribution < -0.4 is 16.0 Å². The zero-order valence-electron chi connectivity index (χ0n) is 25.4. The second-order valence-corrected chi connectivity index (χ2v) is 13.9. The van der Waals surface area contributed by atoms with Crippen LogP contribution in [-0.4, -0.2) is 49.1 Å². The summed E-state index contributed by atoms with van der Waals surface area (Å²) >= 11 is 1.20. The molecule has 5 atom stereocenters. The number of para-hydroxylation sites is 1. The molecule has 2 aliphatic rings. The molecule has 234 valence electrons. The summed E-state index contributed by atoms with van der Waals surface area (Å²) in [4.78, 5) is 45.8. The zero-order valence-corrected chi connectivity index (χ0v) is 26.2. The summed E-state index contributed by atoms with van der Waals surface area (Å²) in [5.74, 6) is 0.282. The Bertz CT molecular complexity index is 1820. The Hall–Kier alpha value is -3.74. The van der Waals surface area contributed by atoms with Gasteiger partial charge < -0.3 is 24.1 Å². The Kier molecular flexibility index (Phi) is 7.58. The SMILES string of the molecule is COc1ccccc1C(Cn1c(=O)n(C(C)(C)C(=O)O)c(=O)c2c(C)c(-c3ncco3)sc21)OC1C[C@@H]2CC(C)(O)C[C@@H]2C1. The van der Waals surface area contributed by atoms with Gasteiger partial charge in [0.1, 0.15) is 28.5 Å². The maximum atomic E-state index is 14.3. The van der Waals surface area contributed by atoms with E-state index in [9.17, 15) is 24.6 Å². The molecule has 2 N–H and O–H groups in total. The number of benzene rings is 1. The third-order valence-corrected chi connectivity index (χ3v) is 10.6. The number of aliphatic hydroxyl groups is 1. The van der Waals surface area contributed by atoms with Crippen LogP contribution in [0.15, 0.2) is 50.7 Å². The first-order chi connectivity index (χ1) is 20.8. The number of carboxylic acid groups (broad SMARTS) is 1. The Morgan fingerprint density at radius 3 is 2.52 bits per heavy atom. The highest BCUT2D eigenvalue weighted by Crippen LogP contribution is 2.50. The predicted molar refractivity (Wildman–Crippen MR) is 164 cm³/mol. The van der Waals surface area contributed by atoms with E-state index in [0.717, 1.165) is 35.8 Å². The van der Waals surface area contributed by atoms with Gasteiger partial charge in [0, 0.05) is 5.56 Å². The van der Waals surface area contributed by atoms with E-state index in [4.69, 9.17) is 13.9 Å². The van der Waals surface area contributed by atoms with Crippen LogP contribution in [0.2, 0.25) is 0 Å². The molecule has 0 amide bonds. The number of aliphatic carboxylic acids is 1. The standard InChI is InChI=1S/C32H37N3O8S/c1-17-24-27(36)35(31(2,3)29(37)38)30(39)34(28(24)44-25(17)26-33-10-11-42-26)16-23(21-8-6-7-9-22(21)41-5)43-20-12-18-14-32(4,40)15-19(18)13-20/h6-11,18-20,23,40H,12-16H2,1-5H3,(H,37,38)/t18-,19+,20?,23?,32?. The van der Waals surface area contributed by atoms with E-state index in [1.165, 1.54) is 42.2 Å². The molecule has 0 aliphatic heterocycles. The molecule has 2 aliphatic carbocycles. The molecule has 2 saturated carbocycles. The van der Waals surface area contributed by atoms with Crippen molar-refractivity contribution in [1.82, 2.24) is 14.1 Å². The number of carbonyl (C=O) groups is 1. The van der Waals surface area contributed by atoms with Crippen molar-refractivity contribution in [3.05, 3.63) is 68.7 Å². The maximum absolute atomic E-state index is 14.3. The molecule has 0 spiro atoms. The van der Waals surface area contributed by atoms with Gasteiger partial charge in [0.15, 0.2) is 0 Å². The number of hydrogen-bond acceptors (Lipinski definition) is 9. The monoisotopic (exact) mass is 623 g/mol. The van der Waals surface area contributed by atoms with E-state index < -0.39 is 34.5 Å². The summed E-state index contributed by atoms with van der Waals surface area (Å²) in [6.45, 7) is 6.31. The molecular weight excluding hydrogens is 586 g/mol. The number of aryl methyl sites for hydroxylation is 1. The second kappa shape index (κ2) is 11.0. The fraction of sp³-hybridized carbons (Fsp3) is 0.500. The smallest absolute Gasteiger partial charge is 0.333 e. The van der Waals surface area contributed by atoms with Crippen molar-refractivity contribution in [2.24, 2.45) is 11.8 Å². The number of fused-ring (bicyclic) bond motifs is 2. The van der Waals surface area contributed by atoms with Gasteiger partial charge in [-0.2, -0.15) is 0 Å². The van der Waals surface area contributed by atoms with Crippen LogP contribution in [0.25, 0.3) is 21.0 Å². The van der Waals surface area contributed by atoms with Crippen LogP contribution in [0.4, 0.5) is 0 Å². The number of aromatic nitrogens is 3. The highest BCUT2D eigenvalue weighted by Gasteiger charge is 2.47. The molecule has 6 rings (SSSR count). The first kappa shape index (κ1) is 30.3. The van der Waals surface area contributed by atoms with Crippen LogP contribution in [0, 0.1) is 18.8 Å². The Morgan fingerprint density at radius 1 is 1.23 bits per heavy atom. The van der Waals surface area contributed by atoms with Crippen LogP contribution in [0.5, 0.6) is 5.75 Å². The quantitative estimate of drug-likeness (QED) is 0.271. The molecule has 11 nitrogen and oxygen atoms in total. The Balaban J connectivity index is 1.51. The molecule has 4 aromatic rings. The molecule has 0 bridgehead atoms. The van der Waals surface area contributed by atoms with Crippen molar-refractivity contribution in [2.75, 3.05) is 7.11 Å². The van der Waals surface area contributed by atoms with Gasteiger partial charge in [-0.15, -0.1) is 11.3 Å². The lowest BCUT2D eigenvalue weighted by molar-refractivity contribution is -0.146. The minimum atomic E-state index is -1.83. The van der Waals surface area contributed by atoms with E-state index in [2.05, 4.69) is 4.98 Å². The molecule has 3 unspecified atom stereocenters. The fourth-order valence-electron chi connectivity index (χ4n) is 7.16. The highest BCUT2D eigenvalue weighted by molar-refractivity contribution is 7.22. The first-order valence-electron chi connectivity index (χ1n) is 14.8. The minimum Gasteiger partial charge on any atom is -0.496 e. The summed E-state index contributed by atoms with van der Waals surface area (Å²) in [5.41, 5.74) is -2.66. The van der Waals surface area contributed by atoms with Crippen molar-refractivity contribution in [2.45, 2.75) is 83.3 Å². The Labute approximate surface area is 257 Å². The summed E-state index contributed by atoms with van der Waals surface area (Å²) in [6.07, 6.45) is 5.18. The summed E-state index contributed by atoms with van der Waals surface area (Å²) in [6, 6.07) is 7.45. The number of carboxylic acids is 1. The number of thiophene rings is 1. The lowest BCUT2D eigenvalue weighted by atomic mass is 10.00. The molecule has 0 saturated heterocycles. The average molecular weight is 624 g/mol. The molecule has 2 fully saturated rings. The van der Waals surface area contributed by atoms with Crippen LogP contribution in [0.3, 0.4) is 0 Å². The Morgan fingerprint density at radius 2 is 1.91 bits per heavy atom. The largest absolute Gasteiger partial charge is 0.496 e.